The average Bonchev–Trinajstić information content (AvgIpc) is 3.17. The molecule has 0 amide bonds. The first-order valence-electron chi connectivity index (χ1n) is 7.65. The molecule has 0 saturated heterocycles. The fourth-order valence-electron chi connectivity index (χ4n) is 2.25. The maximum absolute atomic E-state index is 5.39. The van der Waals surface area contributed by atoms with Gasteiger partial charge in [0.2, 0.25) is 5.89 Å². The zero-order valence-corrected chi connectivity index (χ0v) is 14.5. The molecule has 0 saturated carbocycles. The molecule has 1 aromatic carbocycles. The van der Waals surface area contributed by atoms with Gasteiger partial charge in [-0.2, -0.15) is 4.98 Å². The lowest BCUT2D eigenvalue weighted by Gasteiger charge is -2.11. The van der Waals surface area contributed by atoms with Gasteiger partial charge in [0.15, 0.2) is 11.0 Å². The molecular weight excluding hydrogens is 308 g/mol. The van der Waals surface area contributed by atoms with Crippen molar-refractivity contribution in [1.29, 1.82) is 0 Å². The van der Waals surface area contributed by atoms with Crippen LogP contribution in [0.5, 0.6) is 0 Å². The minimum absolute atomic E-state index is 0.0418. The molecule has 120 valence electrons. The van der Waals surface area contributed by atoms with Crippen LogP contribution in [0.4, 0.5) is 0 Å². The van der Waals surface area contributed by atoms with Crippen LogP contribution in [-0.2, 0) is 0 Å². The van der Waals surface area contributed by atoms with Gasteiger partial charge >= 0.3 is 0 Å². The number of hydrogen-bond donors (Lipinski definition) is 0. The van der Waals surface area contributed by atoms with E-state index in [-0.39, 0.29) is 11.2 Å². The lowest BCUT2D eigenvalue weighted by Crippen LogP contribution is -1.99. The molecule has 0 N–H and O–H groups in total. The van der Waals surface area contributed by atoms with Crippen LogP contribution in [0.2, 0.25) is 0 Å². The molecule has 1 atom stereocenters. The van der Waals surface area contributed by atoms with Crippen molar-refractivity contribution in [3.8, 4) is 5.69 Å². The Hall–Kier alpha value is -2.08. The van der Waals surface area contributed by atoms with Crippen molar-refractivity contribution >= 4 is 11.8 Å². The van der Waals surface area contributed by atoms with Gasteiger partial charge in [0.1, 0.15) is 0 Å². The van der Waals surface area contributed by atoms with E-state index in [9.17, 15) is 0 Å². The lowest BCUT2D eigenvalue weighted by atomic mass is 10.2. The summed E-state index contributed by atoms with van der Waals surface area (Å²) in [7, 11) is 0. The van der Waals surface area contributed by atoms with Crippen LogP contribution in [0.3, 0.4) is 0 Å². The molecule has 0 aliphatic heterocycles. The van der Waals surface area contributed by atoms with Crippen LogP contribution in [-0.4, -0.2) is 19.7 Å². The summed E-state index contributed by atoms with van der Waals surface area (Å²) < 4.78 is 7.48. The van der Waals surface area contributed by atoms with E-state index in [2.05, 4.69) is 59.5 Å². The molecule has 3 rings (SSSR count). The SMILES string of the molecule is Cc1ccccc1-n1ccnc1SC(C)c1nc(C(C)C)no1. The van der Waals surface area contributed by atoms with Crippen LogP contribution in [0, 0.1) is 6.92 Å². The van der Waals surface area contributed by atoms with Crippen LogP contribution >= 0.6 is 11.8 Å². The van der Waals surface area contributed by atoms with Gasteiger partial charge in [-0.25, -0.2) is 4.98 Å². The lowest BCUT2D eigenvalue weighted by molar-refractivity contribution is 0.373. The smallest absolute Gasteiger partial charge is 0.239 e. The van der Waals surface area contributed by atoms with Gasteiger partial charge in [0.25, 0.3) is 0 Å². The Bertz CT molecular complexity index is 793. The number of benzene rings is 1. The Labute approximate surface area is 140 Å². The second-order valence-corrected chi connectivity index (χ2v) is 7.08. The van der Waals surface area contributed by atoms with E-state index < -0.39 is 0 Å². The molecule has 0 bridgehead atoms. The Balaban J connectivity index is 1.84. The Morgan fingerprint density at radius 1 is 1.17 bits per heavy atom. The minimum Gasteiger partial charge on any atom is -0.338 e. The summed E-state index contributed by atoms with van der Waals surface area (Å²) in [5.74, 6) is 1.64. The topological polar surface area (TPSA) is 56.7 Å². The number of nitrogens with zero attached hydrogens (tertiary/aromatic N) is 4. The molecule has 0 spiro atoms. The molecular formula is C17H20N4OS. The van der Waals surface area contributed by atoms with Gasteiger partial charge in [-0.1, -0.05) is 49.0 Å². The van der Waals surface area contributed by atoms with Gasteiger partial charge in [-0.05, 0) is 25.5 Å². The summed E-state index contributed by atoms with van der Waals surface area (Å²) in [5.41, 5.74) is 2.34. The fraction of sp³-hybridized carbons (Fsp3) is 0.353. The van der Waals surface area contributed by atoms with Crippen LogP contribution in [0.15, 0.2) is 46.3 Å². The van der Waals surface area contributed by atoms with Gasteiger partial charge in [-0.3, -0.25) is 4.57 Å². The molecule has 0 aliphatic rings. The van der Waals surface area contributed by atoms with Crippen LogP contribution in [0.1, 0.15) is 49.2 Å². The van der Waals surface area contributed by atoms with Gasteiger partial charge < -0.3 is 4.52 Å². The summed E-state index contributed by atoms with van der Waals surface area (Å²) in [6.07, 6.45) is 3.79. The predicted molar refractivity (Wildman–Crippen MR) is 91.0 cm³/mol. The molecule has 3 aromatic rings. The average molecular weight is 328 g/mol. The van der Waals surface area contributed by atoms with E-state index in [4.69, 9.17) is 4.52 Å². The highest BCUT2D eigenvalue weighted by molar-refractivity contribution is 7.99. The number of hydrogen-bond acceptors (Lipinski definition) is 5. The third-order valence-corrected chi connectivity index (χ3v) is 4.65. The molecule has 0 radical (unpaired) electrons. The second kappa shape index (κ2) is 6.58. The van der Waals surface area contributed by atoms with E-state index >= 15 is 0 Å². The normalized spacial score (nSPS) is 12.7. The molecule has 2 heterocycles. The molecule has 6 heteroatoms. The maximum atomic E-state index is 5.39. The summed E-state index contributed by atoms with van der Waals surface area (Å²) in [6.45, 7) is 8.26. The molecule has 1 unspecified atom stereocenters. The largest absolute Gasteiger partial charge is 0.338 e. The van der Waals surface area contributed by atoms with Gasteiger partial charge in [0, 0.05) is 18.3 Å². The number of aromatic nitrogens is 4. The minimum atomic E-state index is 0.0418. The predicted octanol–water partition coefficient (Wildman–Crippen LogP) is 4.54. The number of aryl methyl sites for hydroxylation is 1. The first-order chi connectivity index (χ1) is 11.1. The highest BCUT2D eigenvalue weighted by atomic mass is 32.2. The maximum Gasteiger partial charge on any atom is 0.239 e. The van der Waals surface area contributed by atoms with E-state index in [1.807, 2.05) is 24.5 Å². The standard InChI is InChI=1S/C17H20N4OS/c1-11(2)15-19-16(22-20-15)13(4)23-17-18-9-10-21(17)14-8-6-5-7-12(14)3/h5-11,13H,1-4H3. The monoisotopic (exact) mass is 328 g/mol. The van der Waals surface area contributed by atoms with E-state index in [1.54, 1.807) is 11.8 Å². The molecule has 23 heavy (non-hydrogen) atoms. The van der Waals surface area contributed by atoms with E-state index in [1.165, 1.54) is 5.56 Å². The van der Waals surface area contributed by atoms with Crippen molar-refractivity contribution in [2.45, 2.75) is 44.0 Å². The third kappa shape index (κ3) is 3.32. The highest BCUT2D eigenvalue weighted by Gasteiger charge is 2.19. The molecule has 0 fully saturated rings. The Morgan fingerprint density at radius 2 is 1.96 bits per heavy atom. The Morgan fingerprint density at radius 3 is 2.65 bits per heavy atom. The first-order valence-corrected chi connectivity index (χ1v) is 8.53. The number of para-hydroxylation sites is 1. The van der Waals surface area contributed by atoms with Crippen molar-refractivity contribution in [2.75, 3.05) is 0 Å². The zero-order valence-electron chi connectivity index (χ0n) is 13.7. The third-order valence-electron chi connectivity index (χ3n) is 3.59. The van der Waals surface area contributed by atoms with Crippen LogP contribution < -0.4 is 0 Å². The molecule has 5 nitrogen and oxygen atoms in total. The Kier molecular flexibility index (Phi) is 4.52. The van der Waals surface area contributed by atoms with Crippen molar-refractivity contribution < 1.29 is 4.52 Å². The zero-order chi connectivity index (χ0) is 16.4. The molecule has 2 aromatic heterocycles. The van der Waals surface area contributed by atoms with E-state index in [0.717, 1.165) is 16.7 Å². The first kappa shape index (κ1) is 15.8. The van der Waals surface area contributed by atoms with Crippen molar-refractivity contribution in [3.05, 3.63) is 53.9 Å². The quantitative estimate of drug-likeness (QED) is 0.644. The number of imidazole rings is 1. The van der Waals surface area contributed by atoms with E-state index in [0.29, 0.717) is 5.89 Å². The number of thioether (sulfide) groups is 1. The number of rotatable bonds is 5. The second-order valence-electron chi connectivity index (χ2n) is 5.77. The summed E-state index contributed by atoms with van der Waals surface area (Å²) in [5, 5.41) is 4.99. The van der Waals surface area contributed by atoms with Crippen molar-refractivity contribution in [3.63, 3.8) is 0 Å². The van der Waals surface area contributed by atoms with Gasteiger partial charge in [-0.15, -0.1) is 0 Å². The van der Waals surface area contributed by atoms with Crippen molar-refractivity contribution in [1.82, 2.24) is 19.7 Å². The summed E-state index contributed by atoms with van der Waals surface area (Å²) in [4.78, 5) is 8.95. The van der Waals surface area contributed by atoms with Crippen LogP contribution in [0.25, 0.3) is 5.69 Å². The fourth-order valence-corrected chi connectivity index (χ4v) is 3.16. The summed E-state index contributed by atoms with van der Waals surface area (Å²) >= 11 is 1.61. The van der Waals surface area contributed by atoms with Crippen molar-refractivity contribution in [2.24, 2.45) is 0 Å². The van der Waals surface area contributed by atoms with Gasteiger partial charge in [0.05, 0.1) is 10.9 Å². The summed E-state index contributed by atoms with van der Waals surface area (Å²) in [6, 6.07) is 8.26. The molecule has 0 aliphatic carbocycles. The highest BCUT2D eigenvalue weighted by Crippen LogP contribution is 2.34.